The van der Waals surface area contributed by atoms with Crippen molar-refractivity contribution in [2.75, 3.05) is 38.9 Å². The van der Waals surface area contributed by atoms with Gasteiger partial charge in [0.2, 0.25) is 12.7 Å². The van der Waals surface area contributed by atoms with Gasteiger partial charge in [-0.25, -0.2) is 0 Å². The van der Waals surface area contributed by atoms with E-state index in [2.05, 4.69) is 10.5 Å². The fraction of sp³-hybridized carbons (Fsp3) is 0.389. The van der Waals surface area contributed by atoms with E-state index in [0.29, 0.717) is 48.2 Å². The number of carbonyl (C=O) groups excluding carboxylic acids is 2. The van der Waals surface area contributed by atoms with Gasteiger partial charge in [-0.1, -0.05) is 5.16 Å². The molecule has 2 amide bonds. The summed E-state index contributed by atoms with van der Waals surface area (Å²) in [5.41, 5.74) is 0.418. The lowest BCUT2D eigenvalue weighted by Gasteiger charge is -2.22. The number of hydrogen-bond acceptors (Lipinski definition) is 7. The number of amides is 2. The average molecular weight is 375 g/mol. The minimum Gasteiger partial charge on any atom is -0.454 e. The highest BCUT2D eigenvalue weighted by molar-refractivity contribution is 5.99. The Hall–Kier alpha value is -3.07. The van der Waals surface area contributed by atoms with Gasteiger partial charge in [0, 0.05) is 31.9 Å². The van der Waals surface area contributed by atoms with Gasteiger partial charge in [0.25, 0.3) is 5.91 Å². The fourth-order valence-corrected chi connectivity index (χ4v) is 2.65. The van der Waals surface area contributed by atoms with Gasteiger partial charge in [0.1, 0.15) is 12.3 Å². The van der Waals surface area contributed by atoms with Crippen molar-refractivity contribution in [3.8, 4) is 11.5 Å². The molecule has 2 heterocycles. The number of hydrogen-bond donors (Lipinski definition) is 1. The number of nitrogens with zero attached hydrogens (tertiary/aromatic N) is 2. The van der Waals surface area contributed by atoms with Gasteiger partial charge in [-0.3, -0.25) is 9.59 Å². The van der Waals surface area contributed by atoms with Crippen LogP contribution in [-0.2, 0) is 9.53 Å². The zero-order valence-electron chi connectivity index (χ0n) is 15.2. The van der Waals surface area contributed by atoms with Crippen LogP contribution in [0.25, 0.3) is 0 Å². The van der Waals surface area contributed by atoms with Crippen molar-refractivity contribution in [1.29, 1.82) is 0 Å². The highest BCUT2D eigenvalue weighted by atomic mass is 16.7. The van der Waals surface area contributed by atoms with Crippen molar-refractivity contribution < 1.29 is 28.3 Å². The Labute approximate surface area is 156 Å². The number of ether oxygens (including phenoxy) is 3. The molecule has 2 aromatic rings. The number of carbonyl (C=O) groups is 2. The number of aryl methyl sites for hydroxylation is 1. The summed E-state index contributed by atoms with van der Waals surface area (Å²) < 4.78 is 20.5. The number of anilines is 1. The number of methoxy groups -OCH3 is 1. The van der Waals surface area contributed by atoms with Crippen LogP contribution < -0.4 is 14.8 Å². The maximum absolute atomic E-state index is 12.9. The van der Waals surface area contributed by atoms with E-state index < -0.39 is 0 Å². The van der Waals surface area contributed by atoms with E-state index in [0.717, 1.165) is 0 Å². The summed E-state index contributed by atoms with van der Waals surface area (Å²) in [6.45, 7) is 2.58. The lowest BCUT2D eigenvalue weighted by molar-refractivity contribution is -0.117. The Morgan fingerprint density at radius 2 is 2.07 bits per heavy atom. The quantitative estimate of drug-likeness (QED) is 0.702. The van der Waals surface area contributed by atoms with Gasteiger partial charge in [0.15, 0.2) is 17.3 Å². The zero-order valence-corrected chi connectivity index (χ0v) is 15.2. The molecule has 27 heavy (non-hydrogen) atoms. The molecule has 9 nitrogen and oxygen atoms in total. The van der Waals surface area contributed by atoms with Crippen molar-refractivity contribution in [1.82, 2.24) is 10.1 Å². The molecule has 1 aromatic heterocycles. The molecular weight excluding hydrogens is 354 g/mol. The molecule has 144 valence electrons. The zero-order chi connectivity index (χ0) is 19.2. The van der Waals surface area contributed by atoms with Crippen LogP contribution >= 0.6 is 0 Å². The predicted molar refractivity (Wildman–Crippen MR) is 94.8 cm³/mol. The summed E-state index contributed by atoms with van der Waals surface area (Å²) in [6, 6.07) is 6.55. The Bertz CT molecular complexity index is 819. The second-order valence-electron chi connectivity index (χ2n) is 6.01. The molecule has 9 heteroatoms. The highest BCUT2D eigenvalue weighted by Crippen LogP contribution is 2.32. The second-order valence-corrected chi connectivity index (χ2v) is 6.01. The summed E-state index contributed by atoms with van der Waals surface area (Å²) in [5.74, 6) is 1.35. The molecule has 0 radical (unpaired) electrons. The van der Waals surface area contributed by atoms with Crippen LogP contribution in [0.3, 0.4) is 0 Å². The molecule has 1 aliphatic rings. The maximum atomic E-state index is 12.9. The number of nitrogens with one attached hydrogen (secondary N) is 1. The van der Waals surface area contributed by atoms with Crippen LogP contribution in [-0.4, -0.2) is 55.5 Å². The van der Waals surface area contributed by atoms with Crippen molar-refractivity contribution in [3.63, 3.8) is 0 Å². The van der Waals surface area contributed by atoms with Crippen LogP contribution in [0, 0.1) is 6.92 Å². The molecule has 0 bridgehead atoms. The van der Waals surface area contributed by atoms with Gasteiger partial charge in [-0.2, -0.15) is 0 Å². The Morgan fingerprint density at radius 3 is 2.81 bits per heavy atom. The predicted octanol–water partition coefficient (Wildman–Crippen LogP) is 1.83. The van der Waals surface area contributed by atoms with E-state index in [9.17, 15) is 9.59 Å². The molecule has 0 aliphatic carbocycles. The van der Waals surface area contributed by atoms with Crippen LogP contribution in [0.2, 0.25) is 0 Å². The topological polar surface area (TPSA) is 103 Å². The molecule has 0 unspecified atom stereocenters. The number of fused-ring (bicyclic) bond motifs is 1. The third kappa shape index (κ3) is 4.76. The van der Waals surface area contributed by atoms with Crippen molar-refractivity contribution in [2.45, 2.75) is 13.3 Å². The van der Waals surface area contributed by atoms with Gasteiger partial charge in [-0.15, -0.1) is 0 Å². The molecule has 1 N–H and O–H groups in total. The summed E-state index contributed by atoms with van der Waals surface area (Å²) in [4.78, 5) is 26.7. The standard InChI is InChI=1S/C18H21N3O6/c1-12-8-16(20-27-12)19-17(22)10-21(6-3-7-24-2)18(23)13-4-5-14-15(9-13)26-11-25-14/h4-5,8-9H,3,6-7,10-11H2,1-2H3,(H,19,20,22). The minimum absolute atomic E-state index is 0.122. The molecule has 0 fully saturated rings. The van der Waals surface area contributed by atoms with E-state index in [4.69, 9.17) is 18.7 Å². The smallest absolute Gasteiger partial charge is 0.254 e. The third-order valence-corrected chi connectivity index (χ3v) is 3.91. The molecular formula is C18H21N3O6. The first-order valence-electron chi connectivity index (χ1n) is 8.48. The normalized spacial score (nSPS) is 12.1. The average Bonchev–Trinajstić information content (AvgIpc) is 3.28. The molecule has 0 saturated heterocycles. The summed E-state index contributed by atoms with van der Waals surface area (Å²) in [5, 5.41) is 6.34. The van der Waals surface area contributed by atoms with E-state index >= 15 is 0 Å². The Kier molecular flexibility index (Phi) is 5.92. The number of rotatable bonds is 8. The molecule has 3 rings (SSSR count). The molecule has 0 atom stereocenters. The lowest BCUT2D eigenvalue weighted by Crippen LogP contribution is -2.39. The highest BCUT2D eigenvalue weighted by Gasteiger charge is 2.22. The number of aromatic nitrogens is 1. The molecule has 0 spiro atoms. The van der Waals surface area contributed by atoms with Gasteiger partial charge in [-0.05, 0) is 31.5 Å². The minimum atomic E-state index is -0.366. The molecule has 0 saturated carbocycles. The van der Waals surface area contributed by atoms with Crippen LogP contribution in [0.15, 0.2) is 28.8 Å². The van der Waals surface area contributed by atoms with Crippen LogP contribution in [0.5, 0.6) is 11.5 Å². The fourth-order valence-electron chi connectivity index (χ4n) is 2.65. The Balaban J connectivity index is 1.69. The van der Waals surface area contributed by atoms with Crippen molar-refractivity contribution >= 4 is 17.6 Å². The van der Waals surface area contributed by atoms with Crippen molar-refractivity contribution in [3.05, 3.63) is 35.6 Å². The largest absolute Gasteiger partial charge is 0.454 e. The monoisotopic (exact) mass is 375 g/mol. The summed E-state index contributed by atoms with van der Waals surface area (Å²) >= 11 is 0. The SMILES string of the molecule is COCCCN(CC(=O)Nc1cc(C)on1)C(=O)c1ccc2c(c1)OCO2. The van der Waals surface area contributed by atoms with Gasteiger partial charge < -0.3 is 29.0 Å². The maximum Gasteiger partial charge on any atom is 0.254 e. The first-order valence-corrected chi connectivity index (χ1v) is 8.48. The van der Waals surface area contributed by atoms with Gasteiger partial charge >= 0.3 is 0 Å². The number of benzene rings is 1. The molecule has 1 aliphatic heterocycles. The third-order valence-electron chi connectivity index (χ3n) is 3.91. The summed E-state index contributed by atoms with van der Waals surface area (Å²) in [6.07, 6.45) is 0.600. The van der Waals surface area contributed by atoms with Crippen LogP contribution in [0.4, 0.5) is 5.82 Å². The molecule has 1 aromatic carbocycles. The van der Waals surface area contributed by atoms with E-state index in [1.54, 1.807) is 38.3 Å². The first-order chi connectivity index (χ1) is 13.1. The Morgan fingerprint density at radius 1 is 1.26 bits per heavy atom. The van der Waals surface area contributed by atoms with E-state index in [1.807, 2.05) is 0 Å². The van der Waals surface area contributed by atoms with Crippen molar-refractivity contribution in [2.24, 2.45) is 0 Å². The van der Waals surface area contributed by atoms with Crippen LogP contribution in [0.1, 0.15) is 22.5 Å². The first kappa shape index (κ1) is 18.7. The van der Waals surface area contributed by atoms with Gasteiger partial charge in [0.05, 0.1) is 0 Å². The summed E-state index contributed by atoms with van der Waals surface area (Å²) in [7, 11) is 1.59. The lowest BCUT2D eigenvalue weighted by atomic mass is 10.1. The van der Waals surface area contributed by atoms with E-state index in [1.165, 1.54) is 4.90 Å². The van der Waals surface area contributed by atoms with E-state index in [-0.39, 0.29) is 25.2 Å². The second kappa shape index (κ2) is 8.54.